The van der Waals surface area contributed by atoms with Crippen LogP contribution in [-0.4, -0.2) is 25.6 Å². The van der Waals surface area contributed by atoms with Gasteiger partial charge in [0.2, 0.25) is 6.29 Å². The molecule has 0 saturated carbocycles. The first-order chi connectivity index (χ1) is 11.2. The van der Waals surface area contributed by atoms with Gasteiger partial charge in [0.1, 0.15) is 0 Å². The Morgan fingerprint density at radius 1 is 0.826 bits per heavy atom. The van der Waals surface area contributed by atoms with E-state index in [9.17, 15) is 0 Å². The molecule has 0 aliphatic rings. The van der Waals surface area contributed by atoms with E-state index in [1.807, 2.05) is 24.3 Å². The summed E-state index contributed by atoms with van der Waals surface area (Å²) in [5.41, 5.74) is 0. The Hall–Kier alpha value is -1.06. The largest absolute Gasteiger partial charge is 0.472 e. The molecule has 0 aromatic rings. The molecule has 0 aromatic carbocycles. The highest BCUT2D eigenvalue weighted by atomic mass is 16.7. The second kappa shape index (κ2) is 17.3. The molecule has 0 amide bonds. The Balaban J connectivity index is 4.18. The van der Waals surface area contributed by atoms with E-state index in [1.165, 1.54) is 0 Å². The van der Waals surface area contributed by atoms with Crippen molar-refractivity contribution in [1.29, 1.82) is 0 Å². The lowest BCUT2D eigenvalue weighted by molar-refractivity contribution is -0.131. The molecular formula is C20H36O3. The third-order valence-electron chi connectivity index (χ3n) is 3.24. The van der Waals surface area contributed by atoms with Crippen LogP contribution in [0, 0.1) is 0 Å². The van der Waals surface area contributed by atoms with E-state index in [-0.39, 0.29) is 12.4 Å². The highest BCUT2D eigenvalue weighted by Crippen LogP contribution is 2.10. The number of hydrogen-bond acceptors (Lipinski definition) is 3. The summed E-state index contributed by atoms with van der Waals surface area (Å²) in [5.74, 6) is 0. The van der Waals surface area contributed by atoms with Crippen LogP contribution in [-0.2, 0) is 14.2 Å². The van der Waals surface area contributed by atoms with Crippen LogP contribution in [0.15, 0.2) is 36.6 Å². The molecule has 0 radical (unpaired) electrons. The molecule has 3 nitrogen and oxygen atoms in total. The maximum Gasteiger partial charge on any atom is 0.201 e. The molecule has 134 valence electrons. The Kier molecular flexibility index (Phi) is 16.5. The van der Waals surface area contributed by atoms with E-state index in [2.05, 4.69) is 33.8 Å². The average molecular weight is 325 g/mol. The van der Waals surface area contributed by atoms with Gasteiger partial charge in [-0.25, -0.2) is 0 Å². The first-order valence-electron chi connectivity index (χ1n) is 9.11. The summed E-state index contributed by atoms with van der Waals surface area (Å²) in [4.78, 5) is 0. The standard InChI is InChI=1S/C20H36O3/c1-5-8-11-12-13-14-17-23-20(22-16-10-7-3)18-19(4)21-15-9-6-2/h8,11-14,17,19-20H,5-7,9-10,15-16,18H2,1-4H3. The summed E-state index contributed by atoms with van der Waals surface area (Å²) in [5, 5.41) is 0. The van der Waals surface area contributed by atoms with Crippen LogP contribution in [0.2, 0.25) is 0 Å². The van der Waals surface area contributed by atoms with Gasteiger partial charge in [-0.1, -0.05) is 57.9 Å². The zero-order valence-electron chi connectivity index (χ0n) is 15.5. The first-order valence-corrected chi connectivity index (χ1v) is 9.11. The molecule has 3 heteroatoms. The van der Waals surface area contributed by atoms with Gasteiger partial charge in [-0.05, 0) is 32.3 Å². The average Bonchev–Trinajstić information content (AvgIpc) is 2.54. The number of allylic oxidation sites excluding steroid dienone is 5. The summed E-state index contributed by atoms with van der Waals surface area (Å²) < 4.78 is 17.3. The Morgan fingerprint density at radius 2 is 1.48 bits per heavy atom. The molecule has 0 aliphatic carbocycles. The molecule has 23 heavy (non-hydrogen) atoms. The van der Waals surface area contributed by atoms with Crippen molar-refractivity contribution in [1.82, 2.24) is 0 Å². The highest BCUT2D eigenvalue weighted by Gasteiger charge is 2.14. The van der Waals surface area contributed by atoms with Crippen LogP contribution in [0.1, 0.15) is 66.2 Å². The van der Waals surface area contributed by atoms with E-state index in [4.69, 9.17) is 14.2 Å². The van der Waals surface area contributed by atoms with Gasteiger partial charge >= 0.3 is 0 Å². The fourth-order valence-electron chi connectivity index (χ4n) is 1.81. The molecule has 0 saturated heterocycles. The van der Waals surface area contributed by atoms with E-state index in [0.717, 1.165) is 51.7 Å². The number of hydrogen-bond donors (Lipinski definition) is 0. The van der Waals surface area contributed by atoms with Gasteiger partial charge in [-0.2, -0.15) is 0 Å². The fourth-order valence-corrected chi connectivity index (χ4v) is 1.81. The second-order valence-corrected chi connectivity index (χ2v) is 5.61. The zero-order valence-corrected chi connectivity index (χ0v) is 15.5. The summed E-state index contributed by atoms with van der Waals surface area (Å²) >= 11 is 0. The van der Waals surface area contributed by atoms with Gasteiger partial charge in [-0.15, -0.1) is 0 Å². The predicted octanol–water partition coefficient (Wildman–Crippen LogP) is 5.78. The van der Waals surface area contributed by atoms with E-state index < -0.39 is 0 Å². The fraction of sp³-hybridized carbons (Fsp3) is 0.700. The second-order valence-electron chi connectivity index (χ2n) is 5.61. The summed E-state index contributed by atoms with van der Waals surface area (Å²) in [6, 6.07) is 0. The lowest BCUT2D eigenvalue weighted by atomic mass is 10.2. The van der Waals surface area contributed by atoms with Gasteiger partial charge in [0.05, 0.1) is 19.0 Å². The zero-order chi connectivity index (χ0) is 17.2. The Labute approximate surface area is 143 Å². The minimum absolute atomic E-state index is 0.143. The van der Waals surface area contributed by atoms with Crippen molar-refractivity contribution in [2.24, 2.45) is 0 Å². The van der Waals surface area contributed by atoms with E-state index in [0.29, 0.717) is 0 Å². The van der Waals surface area contributed by atoms with Gasteiger partial charge in [0.25, 0.3) is 0 Å². The van der Waals surface area contributed by atoms with Crippen LogP contribution in [0.5, 0.6) is 0 Å². The molecule has 0 bridgehead atoms. The Morgan fingerprint density at radius 3 is 2.13 bits per heavy atom. The smallest absolute Gasteiger partial charge is 0.201 e. The number of ether oxygens (including phenoxy) is 3. The van der Waals surface area contributed by atoms with Crippen LogP contribution >= 0.6 is 0 Å². The van der Waals surface area contributed by atoms with Crippen molar-refractivity contribution in [2.45, 2.75) is 78.6 Å². The van der Waals surface area contributed by atoms with Crippen molar-refractivity contribution in [2.75, 3.05) is 13.2 Å². The van der Waals surface area contributed by atoms with E-state index in [1.54, 1.807) is 6.26 Å². The predicted molar refractivity (Wildman–Crippen MR) is 98.4 cm³/mol. The topological polar surface area (TPSA) is 27.7 Å². The normalized spacial score (nSPS) is 15.0. The Bertz CT molecular complexity index is 321. The minimum atomic E-state index is -0.242. The molecule has 2 unspecified atom stereocenters. The summed E-state index contributed by atoms with van der Waals surface area (Å²) in [7, 11) is 0. The molecule has 0 fully saturated rings. The molecule has 0 N–H and O–H groups in total. The SMILES string of the molecule is CCC=CC=CC=COC(CC(C)OCCCC)OCCCC. The summed E-state index contributed by atoms with van der Waals surface area (Å²) in [6.45, 7) is 10.1. The van der Waals surface area contributed by atoms with Crippen molar-refractivity contribution in [3.8, 4) is 0 Å². The third-order valence-corrected chi connectivity index (χ3v) is 3.24. The molecule has 2 atom stereocenters. The van der Waals surface area contributed by atoms with Crippen molar-refractivity contribution >= 4 is 0 Å². The minimum Gasteiger partial charge on any atom is -0.472 e. The van der Waals surface area contributed by atoms with E-state index >= 15 is 0 Å². The molecule has 0 rings (SSSR count). The van der Waals surface area contributed by atoms with Gasteiger partial charge in [0.15, 0.2) is 0 Å². The van der Waals surface area contributed by atoms with Gasteiger partial charge < -0.3 is 14.2 Å². The lowest BCUT2D eigenvalue weighted by Gasteiger charge is -2.21. The highest BCUT2D eigenvalue weighted by molar-refractivity contribution is 5.09. The molecule has 0 heterocycles. The lowest BCUT2D eigenvalue weighted by Crippen LogP contribution is -2.23. The molecule has 0 aromatic heterocycles. The molecular weight excluding hydrogens is 288 g/mol. The van der Waals surface area contributed by atoms with Crippen LogP contribution in [0.4, 0.5) is 0 Å². The van der Waals surface area contributed by atoms with Gasteiger partial charge in [-0.3, -0.25) is 0 Å². The van der Waals surface area contributed by atoms with Crippen LogP contribution < -0.4 is 0 Å². The quantitative estimate of drug-likeness (QED) is 0.165. The third kappa shape index (κ3) is 15.6. The van der Waals surface area contributed by atoms with Crippen LogP contribution in [0.3, 0.4) is 0 Å². The van der Waals surface area contributed by atoms with Crippen molar-refractivity contribution in [3.05, 3.63) is 36.6 Å². The molecule has 0 aliphatic heterocycles. The maximum atomic E-state index is 5.81. The first kappa shape index (κ1) is 21.9. The molecule has 0 spiro atoms. The summed E-state index contributed by atoms with van der Waals surface area (Å²) in [6.07, 6.45) is 17.8. The number of rotatable bonds is 15. The van der Waals surface area contributed by atoms with Gasteiger partial charge in [0, 0.05) is 13.0 Å². The monoisotopic (exact) mass is 324 g/mol. The number of unbranched alkanes of at least 4 members (excludes halogenated alkanes) is 2. The van der Waals surface area contributed by atoms with Crippen LogP contribution in [0.25, 0.3) is 0 Å². The van der Waals surface area contributed by atoms with Crippen molar-refractivity contribution in [3.63, 3.8) is 0 Å². The van der Waals surface area contributed by atoms with Crippen molar-refractivity contribution < 1.29 is 14.2 Å². The maximum absolute atomic E-state index is 5.81.